The van der Waals surface area contributed by atoms with E-state index in [1.54, 1.807) is 7.11 Å². The Kier molecular flexibility index (Phi) is 7.45. The van der Waals surface area contributed by atoms with Gasteiger partial charge in [-0.1, -0.05) is 0 Å². The lowest BCUT2D eigenvalue weighted by Gasteiger charge is -2.25. The second kappa shape index (κ2) is 7.53. The van der Waals surface area contributed by atoms with Gasteiger partial charge in [-0.2, -0.15) is 0 Å². The molecular weight excluding hydrogens is 152 g/mol. The number of ether oxygens (including phenoxy) is 1. The van der Waals surface area contributed by atoms with Crippen molar-refractivity contribution in [1.82, 2.24) is 4.90 Å². The van der Waals surface area contributed by atoms with E-state index in [9.17, 15) is 0 Å². The van der Waals surface area contributed by atoms with Crippen molar-refractivity contribution < 1.29 is 4.74 Å². The second-order valence-corrected chi connectivity index (χ2v) is 3.26. The molecule has 0 aliphatic rings. The highest BCUT2D eigenvalue weighted by Crippen LogP contribution is 1.98. The van der Waals surface area contributed by atoms with Gasteiger partial charge in [0.25, 0.3) is 0 Å². The summed E-state index contributed by atoms with van der Waals surface area (Å²) in [6.45, 7) is 8.05. The Labute approximate surface area is 75.9 Å². The highest BCUT2D eigenvalue weighted by molar-refractivity contribution is 4.62. The summed E-state index contributed by atoms with van der Waals surface area (Å²) in [6.07, 6.45) is 1.09. The lowest BCUT2D eigenvalue weighted by molar-refractivity contribution is 0.160. The van der Waals surface area contributed by atoms with Gasteiger partial charge in [0.05, 0.1) is 0 Å². The van der Waals surface area contributed by atoms with Crippen LogP contribution in [0.1, 0.15) is 20.3 Å². The van der Waals surface area contributed by atoms with Crippen LogP contribution in [-0.2, 0) is 4.74 Å². The van der Waals surface area contributed by atoms with E-state index in [1.807, 2.05) is 0 Å². The Morgan fingerprint density at radius 3 is 2.42 bits per heavy atom. The molecule has 3 nitrogen and oxygen atoms in total. The van der Waals surface area contributed by atoms with E-state index in [0.29, 0.717) is 6.04 Å². The van der Waals surface area contributed by atoms with Crippen LogP contribution in [0.3, 0.4) is 0 Å². The first kappa shape index (κ1) is 11.9. The first-order valence-electron chi connectivity index (χ1n) is 4.65. The lowest BCUT2D eigenvalue weighted by atomic mass is 10.3. The quantitative estimate of drug-likeness (QED) is 0.577. The third kappa shape index (κ3) is 5.52. The van der Waals surface area contributed by atoms with Crippen LogP contribution in [0.4, 0.5) is 0 Å². The molecule has 0 fully saturated rings. The fourth-order valence-corrected chi connectivity index (χ4v) is 1.21. The van der Waals surface area contributed by atoms with Gasteiger partial charge in [-0.25, -0.2) is 0 Å². The molecule has 0 aliphatic heterocycles. The van der Waals surface area contributed by atoms with E-state index in [1.165, 1.54) is 0 Å². The first-order valence-corrected chi connectivity index (χ1v) is 4.65. The van der Waals surface area contributed by atoms with Gasteiger partial charge in [0.1, 0.15) is 0 Å². The summed E-state index contributed by atoms with van der Waals surface area (Å²) in [7, 11) is 1.74. The molecule has 0 amide bonds. The fourth-order valence-electron chi connectivity index (χ4n) is 1.21. The van der Waals surface area contributed by atoms with Crippen molar-refractivity contribution in [2.75, 3.05) is 33.4 Å². The molecule has 0 heterocycles. The molecule has 12 heavy (non-hydrogen) atoms. The van der Waals surface area contributed by atoms with Gasteiger partial charge in [-0.3, -0.25) is 4.90 Å². The van der Waals surface area contributed by atoms with Crippen LogP contribution in [0, 0.1) is 0 Å². The van der Waals surface area contributed by atoms with Crippen molar-refractivity contribution in [3.8, 4) is 0 Å². The number of nitrogens with two attached hydrogens (primary N) is 1. The maximum atomic E-state index is 5.50. The normalized spacial score (nSPS) is 11.5. The average molecular weight is 174 g/mol. The maximum absolute atomic E-state index is 5.50. The van der Waals surface area contributed by atoms with Crippen LogP contribution in [-0.4, -0.2) is 44.3 Å². The van der Waals surface area contributed by atoms with Crippen LogP contribution in [0.15, 0.2) is 0 Å². The molecule has 0 spiro atoms. The van der Waals surface area contributed by atoms with Crippen molar-refractivity contribution in [1.29, 1.82) is 0 Å². The van der Waals surface area contributed by atoms with Gasteiger partial charge in [-0.15, -0.1) is 0 Å². The average Bonchev–Trinajstić information content (AvgIpc) is 2.03. The molecule has 0 rings (SSSR count). The molecule has 0 atom stereocenters. The summed E-state index contributed by atoms with van der Waals surface area (Å²) < 4.78 is 4.99. The van der Waals surface area contributed by atoms with Crippen LogP contribution in [0.2, 0.25) is 0 Å². The molecule has 0 aromatic rings. The third-order valence-electron chi connectivity index (χ3n) is 1.94. The third-order valence-corrected chi connectivity index (χ3v) is 1.94. The summed E-state index contributed by atoms with van der Waals surface area (Å²) in [5, 5.41) is 0. The van der Waals surface area contributed by atoms with Crippen LogP contribution in [0.25, 0.3) is 0 Å². The fraction of sp³-hybridized carbons (Fsp3) is 1.00. The molecule has 0 aromatic heterocycles. The predicted octanol–water partition coefficient (Wildman–Crippen LogP) is 0.692. The van der Waals surface area contributed by atoms with E-state index in [-0.39, 0.29) is 0 Å². The van der Waals surface area contributed by atoms with E-state index >= 15 is 0 Å². The highest BCUT2D eigenvalue weighted by Gasteiger charge is 2.06. The minimum atomic E-state index is 0.588. The number of hydrogen-bond donors (Lipinski definition) is 1. The van der Waals surface area contributed by atoms with E-state index in [2.05, 4.69) is 18.7 Å². The number of rotatable bonds is 7. The molecule has 3 heteroatoms. The molecule has 0 bridgehead atoms. The minimum absolute atomic E-state index is 0.588. The Hall–Kier alpha value is -0.120. The SMILES string of the molecule is COCCCN(CCN)C(C)C. The van der Waals surface area contributed by atoms with Crippen LogP contribution < -0.4 is 5.73 Å². The summed E-state index contributed by atoms with van der Waals surface area (Å²) in [4.78, 5) is 2.37. The Balaban J connectivity index is 3.49. The molecule has 0 radical (unpaired) electrons. The molecule has 0 aliphatic carbocycles. The molecule has 0 unspecified atom stereocenters. The van der Waals surface area contributed by atoms with Gasteiger partial charge in [0, 0.05) is 39.4 Å². The second-order valence-electron chi connectivity index (χ2n) is 3.26. The molecule has 0 saturated heterocycles. The van der Waals surface area contributed by atoms with Crippen molar-refractivity contribution in [2.24, 2.45) is 5.73 Å². The van der Waals surface area contributed by atoms with Crippen molar-refractivity contribution in [3.05, 3.63) is 0 Å². The summed E-state index contributed by atoms with van der Waals surface area (Å²) in [5.74, 6) is 0. The predicted molar refractivity (Wildman–Crippen MR) is 52.3 cm³/mol. The molecule has 74 valence electrons. The summed E-state index contributed by atoms with van der Waals surface area (Å²) in [6, 6.07) is 0.588. The van der Waals surface area contributed by atoms with Crippen LogP contribution in [0.5, 0.6) is 0 Å². The minimum Gasteiger partial charge on any atom is -0.385 e. The van der Waals surface area contributed by atoms with Crippen LogP contribution >= 0.6 is 0 Å². The smallest absolute Gasteiger partial charge is 0.0474 e. The van der Waals surface area contributed by atoms with Gasteiger partial charge in [0.2, 0.25) is 0 Å². The Bertz CT molecular complexity index is 96.5. The maximum Gasteiger partial charge on any atom is 0.0474 e. The summed E-state index contributed by atoms with van der Waals surface area (Å²) >= 11 is 0. The number of methoxy groups -OCH3 is 1. The van der Waals surface area contributed by atoms with E-state index in [0.717, 1.165) is 32.7 Å². The standard InChI is InChI=1S/C9H22N2O/c1-9(2)11(7-5-10)6-4-8-12-3/h9H,4-8,10H2,1-3H3. The number of nitrogens with zero attached hydrogens (tertiary/aromatic N) is 1. The monoisotopic (exact) mass is 174 g/mol. The first-order chi connectivity index (χ1) is 5.72. The molecule has 2 N–H and O–H groups in total. The zero-order chi connectivity index (χ0) is 9.40. The van der Waals surface area contributed by atoms with Crippen molar-refractivity contribution in [2.45, 2.75) is 26.3 Å². The Morgan fingerprint density at radius 1 is 1.33 bits per heavy atom. The van der Waals surface area contributed by atoms with E-state index in [4.69, 9.17) is 10.5 Å². The van der Waals surface area contributed by atoms with Gasteiger partial charge in [0.15, 0.2) is 0 Å². The lowest BCUT2D eigenvalue weighted by Crippen LogP contribution is -2.36. The van der Waals surface area contributed by atoms with Crippen molar-refractivity contribution in [3.63, 3.8) is 0 Å². The van der Waals surface area contributed by atoms with Gasteiger partial charge < -0.3 is 10.5 Å². The van der Waals surface area contributed by atoms with Gasteiger partial charge in [-0.05, 0) is 20.3 Å². The molecule has 0 saturated carbocycles. The largest absolute Gasteiger partial charge is 0.385 e. The zero-order valence-corrected chi connectivity index (χ0v) is 8.55. The highest BCUT2D eigenvalue weighted by atomic mass is 16.5. The topological polar surface area (TPSA) is 38.5 Å². The van der Waals surface area contributed by atoms with Crippen molar-refractivity contribution >= 4 is 0 Å². The summed E-state index contributed by atoms with van der Waals surface area (Å²) in [5.41, 5.74) is 5.50. The van der Waals surface area contributed by atoms with E-state index < -0.39 is 0 Å². The molecular formula is C9H22N2O. The zero-order valence-electron chi connectivity index (χ0n) is 8.55. The number of hydrogen-bond acceptors (Lipinski definition) is 3. The molecule has 0 aromatic carbocycles. The van der Waals surface area contributed by atoms with Gasteiger partial charge >= 0.3 is 0 Å². The Morgan fingerprint density at radius 2 is 2.00 bits per heavy atom.